The van der Waals surface area contributed by atoms with Crippen molar-refractivity contribution in [2.45, 2.75) is 166 Å². The number of fused-ring (bicyclic) bond motifs is 4. The lowest BCUT2D eigenvalue weighted by molar-refractivity contribution is -0.332. The van der Waals surface area contributed by atoms with Crippen molar-refractivity contribution in [3.63, 3.8) is 0 Å². The normalized spacial score (nSPS) is 40.9. The van der Waals surface area contributed by atoms with Gasteiger partial charge in [-0.15, -0.1) is 0 Å². The van der Waals surface area contributed by atoms with E-state index in [2.05, 4.69) is 47.2 Å². The zero-order valence-electron chi connectivity index (χ0n) is 36.6. The molecule has 58 heavy (non-hydrogen) atoms. The SMILES string of the molecule is CC[C@H]1OC(=O)[C@H](C)[C@H]2OC3(CCN(CCc4ccnc5ccccc45)CC3)O[C@](C)(C[C@@H](C)CN[C@H](C)[C@@H](O)[C@]1(C)O)[C@H](O[C@@H]1O[C@H](C)C[C@H](N(C)C)[C@H]1O)[C@H]2C. The van der Waals surface area contributed by atoms with E-state index in [4.69, 9.17) is 23.7 Å². The minimum atomic E-state index is -1.72. The van der Waals surface area contributed by atoms with E-state index in [1.165, 1.54) is 17.9 Å². The van der Waals surface area contributed by atoms with E-state index < -0.39 is 77.6 Å². The van der Waals surface area contributed by atoms with E-state index >= 15 is 0 Å². The van der Waals surface area contributed by atoms with Crippen molar-refractivity contribution in [2.24, 2.45) is 17.8 Å². The topological polar surface area (TPSA) is 155 Å². The van der Waals surface area contributed by atoms with Crippen LogP contribution in [0.1, 0.15) is 93.1 Å². The molecule has 5 heterocycles. The molecule has 4 saturated heterocycles. The summed E-state index contributed by atoms with van der Waals surface area (Å²) in [4.78, 5) is 23.4. The number of benzene rings is 1. The maximum atomic E-state index is 14.3. The number of cyclic esters (lactones) is 1. The van der Waals surface area contributed by atoms with Crippen LogP contribution in [0.3, 0.4) is 0 Å². The molecule has 0 saturated carbocycles. The van der Waals surface area contributed by atoms with Crippen LogP contribution in [0.4, 0.5) is 0 Å². The van der Waals surface area contributed by atoms with Crippen molar-refractivity contribution in [3.8, 4) is 0 Å². The standard InChI is InChI=1S/C45H72N4O9/c1-11-36-44(8,53)39(51)31(6)47-26-27(2)25-43(7)40(56-42-37(50)35(48(9)10)24-28(3)54-42)29(4)38(30(5)41(52)55-36)57-45(58-43)18-22-49(23-19-45)21-17-32-16-20-46-34-15-13-12-14-33(32)34/h12-16,20,27-31,35-40,42,47,50-51,53H,11,17-19,21-26H2,1-10H3/t27-,28-,29+,30-,31-,35+,36-,37-,38+,39-,40-,42+,43-,44-/m1/s1. The van der Waals surface area contributed by atoms with E-state index in [1.807, 2.05) is 71.9 Å². The Morgan fingerprint density at radius 2 is 1.76 bits per heavy atom. The molecule has 1 aromatic heterocycles. The van der Waals surface area contributed by atoms with Crippen LogP contribution in [0.5, 0.6) is 0 Å². The first-order valence-electron chi connectivity index (χ1n) is 21.8. The summed E-state index contributed by atoms with van der Waals surface area (Å²) in [6.45, 7) is 18.1. The Bertz CT molecular complexity index is 1670. The summed E-state index contributed by atoms with van der Waals surface area (Å²) in [6, 6.07) is 9.67. The van der Waals surface area contributed by atoms with Gasteiger partial charge in [0.05, 0.1) is 35.3 Å². The highest BCUT2D eigenvalue weighted by atomic mass is 16.7. The molecule has 0 amide bonds. The van der Waals surface area contributed by atoms with Gasteiger partial charge in [-0.1, -0.05) is 39.0 Å². The van der Waals surface area contributed by atoms with E-state index in [9.17, 15) is 20.1 Å². The molecule has 4 N–H and O–H groups in total. The molecule has 13 nitrogen and oxygen atoms in total. The van der Waals surface area contributed by atoms with Crippen molar-refractivity contribution in [2.75, 3.05) is 40.3 Å². The highest BCUT2D eigenvalue weighted by molar-refractivity contribution is 5.81. The number of carbonyl (C=O) groups is 1. The number of aliphatic hydroxyl groups is 3. The van der Waals surface area contributed by atoms with Gasteiger partial charge in [0.2, 0.25) is 0 Å². The molecule has 1 aromatic carbocycles. The van der Waals surface area contributed by atoms with Gasteiger partial charge < -0.3 is 54.1 Å². The predicted molar refractivity (Wildman–Crippen MR) is 222 cm³/mol. The Balaban J connectivity index is 1.35. The Morgan fingerprint density at radius 1 is 1.05 bits per heavy atom. The van der Waals surface area contributed by atoms with Gasteiger partial charge in [-0.3, -0.25) is 9.78 Å². The maximum Gasteiger partial charge on any atom is 0.311 e. The second-order valence-corrected chi connectivity index (χ2v) is 18.8. The van der Waals surface area contributed by atoms with Crippen molar-refractivity contribution in [3.05, 3.63) is 42.1 Å². The number of ether oxygens (including phenoxy) is 5. The molecule has 0 aliphatic carbocycles. The first-order chi connectivity index (χ1) is 27.4. The number of para-hydroxylation sites is 1. The molecule has 326 valence electrons. The highest BCUT2D eigenvalue weighted by Gasteiger charge is 2.58. The van der Waals surface area contributed by atoms with Gasteiger partial charge in [-0.25, -0.2) is 0 Å². The number of hydrogen-bond acceptors (Lipinski definition) is 13. The Morgan fingerprint density at radius 3 is 2.45 bits per heavy atom. The Hall–Kier alpha value is -2.30. The maximum absolute atomic E-state index is 14.3. The second-order valence-electron chi connectivity index (χ2n) is 18.8. The molecule has 13 heteroatoms. The number of nitrogens with one attached hydrogen (secondary N) is 1. The molecule has 14 atom stereocenters. The van der Waals surface area contributed by atoms with Crippen LogP contribution >= 0.6 is 0 Å². The molecular weight excluding hydrogens is 741 g/mol. The number of piperidine rings is 1. The molecule has 2 aromatic rings. The van der Waals surface area contributed by atoms with Gasteiger partial charge in [0.15, 0.2) is 12.1 Å². The number of aromatic nitrogens is 1. The van der Waals surface area contributed by atoms with Gasteiger partial charge in [-0.05, 0) is 105 Å². The third-order valence-electron chi connectivity index (χ3n) is 13.7. The largest absolute Gasteiger partial charge is 0.459 e. The van der Waals surface area contributed by atoms with Crippen LogP contribution in [0, 0.1) is 17.8 Å². The summed E-state index contributed by atoms with van der Waals surface area (Å²) in [5.41, 5.74) is -0.419. The number of aliphatic hydroxyl groups excluding tert-OH is 2. The van der Waals surface area contributed by atoms with E-state index in [0.717, 1.165) is 31.6 Å². The van der Waals surface area contributed by atoms with Crippen LogP contribution in [0.25, 0.3) is 10.9 Å². The lowest BCUT2D eigenvalue weighted by atomic mass is 9.78. The molecule has 4 fully saturated rings. The van der Waals surface area contributed by atoms with Crippen molar-refractivity contribution in [1.29, 1.82) is 0 Å². The van der Waals surface area contributed by atoms with Gasteiger partial charge >= 0.3 is 5.97 Å². The summed E-state index contributed by atoms with van der Waals surface area (Å²) in [5.74, 6) is -2.79. The fraction of sp³-hybridized carbons (Fsp3) is 0.778. The highest BCUT2D eigenvalue weighted by Crippen LogP contribution is 2.48. The van der Waals surface area contributed by atoms with Crippen LogP contribution in [0.2, 0.25) is 0 Å². The first kappa shape index (κ1) is 45.2. The number of likely N-dealkylation sites (N-methyl/N-ethyl adjacent to an activating group) is 1. The van der Waals surface area contributed by atoms with E-state index in [1.54, 1.807) is 0 Å². The molecule has 2 bridgehead atoms. The second kappa shape index (κ2) is 18.4. The fourth-order valence-electron chi connectivity index (χ4n) is 10.3. The average Bonchev–Trinajstić information content (AvgIpc) is 3.27. The number of hydrogen-bond donors (Lipinski definition) is 4. The average molecular weight is 813 g/mol. The third-order valence-corrected chi connectivity index (χ3v) is 13.7. The zero-order chi connectivity index (χ0) is 42.2. The summed E-state index contributed by atoms with van der Waals surface area (Å²) in [6.07, 6.45) is -0.198. The minimum absolute atomic E-state index is 0.0137. The first-order valence-corrected chi connectivity index (χ1v) is 21.8. The summed E-state index contributed by atoms with van der Waals surface area (Å²) < 4.78 is 34.3. The number of likely N-dealkylation sites (tertiary alicyclic amines) is 1. The van der Waals surface area contributed by atoms with Crippen LogP contribution in [0.15, 0.2) is 36.5 Å². The van der Waals surface area contributed by atoms with Crippen molar-refractivity contribution < 1.29 is 43.8 Å². The Labute approximate surface area is 346 Å². The predicted octanol–water partition coefficient (Wildman–Crippen LogP) is 4.28. The number of nitrogens with zero attached hydrogens (tertiary/aromatic N) is 3. The van der Waals surface area contributed by atoms with Crippen LogP contribution < -0.4 is 5.32 Å². The number of esters is 1. The number of carbonyl (C=O) groups excluding carboxylic acids is 1. The summed E-state index contributed by atoms with van der Waals surface area (Å²) >= 11 is 0. The zero-order valence-corrected chi connectivity index (χ0v) is 36.6. The molecule has 1 spiro atoms. The van der Waals surface area contributed by atoms with Gasteiger partial charge in [0, 0.05) is 62.1 Å². The van der Waals surface area contributed by atoms with Crippen molar-refractivity contribution in [1.82, 2.24) is 20.1 Å². The summed E-state index contributed by atoms with van der Waals surface area (Å²) in [7, 11) is 3.91. The molecule has 0 radical (unpaired) electrons. The third kappa shape index (κ3) is 9.59. The molecule has 0 unspecified atom stereocenters. The quantitative estimate of drug-likeness (QED) is 0.295. The minimum Gasteiger partial charge on any atom is -0.459 e. The van der Waals surface area contributed by atoms with E-state index in [0.29, 0.717) is 38.6 Å². The van der Waals surface area contributed by atoms with Crippen molar-refractivity contribution >= 4 is 16.9 Å². The van der Waals surface area contributed by atoms with Gasteiger partial charge in [0.25, 0.3) is 0 Å². The van der Waals surface area contributed by atoms with Gasteiger partial charge in [0.1, 0.15) is 23.9 Å². The molecule has 4 aliphatic rings. The fourth-order valence-corrected chi connectivity index (χ4v) is 10.3. The number of pyridine rings is 1. The molecular formula is C45H72N4O9. The molecule has 4 aliphatic heterocycles. The van der Waals surface area contributed by atoms with Crippen LogP contribution in [-0.2, 0) is 34.9 Å². The molecule has 6 rings (SSSR count). The monoisotopic (exact) mass is 813 g/mol. The smallest absolute Gasteiger partial charge is 0.311 e. The van der Waals surface area contributed by atoms with E-state index in [-0.39, 0.29) is 18.1 Å². The van der Waals surface area contributed by atoms with Crippen LogP contribution in [-0.4, -0.2) is 148 Å². The Kier molecular flexibility index (Phi) is 14.3. The number of rotatable bonds is 7. The summed E-state index contributed by atoms with van der Waals surface area (Å²) in [5, 5.41) is 39.5. The van der Waals surface area contributed by atoms with Gasteiger partial charge in [-0.2, -0.15) is 0 Å². The lowest BCUT2D eigenvalue weighted by Crippen LogP contribution is -2.60. The lowest BCUT2D eigenvalue weighted by Gasteiger charge is -2.49.